The molecule has 30 heavy (non-hydrogen) atoms. The zero-order valence-corrected chi connectivity index (χ0v) is 17.4. The van der Waals surface area contributed by atoms with E-state index in [4.69, 9.17) is 33.3 Å². The quantitative estimate of drug-likeness (QED) is 0.390. The molecular weight excluding hydrogens is 449 g/mol. The zero-order valence-electron chi connectivity index (χ0n) is 15.0. The number of aromatic carboxylic acids is 1. The highest BCUT2D eigenvalue weighted by molar-refractivity contribution is 8.27. The van der Waals surface area contributed by atoms with Gasteiger partial charge in [-0.3, -0.25) is 9.69 Å². The van der Waals surface area contributed by atoms with Crippen molar-refractivity contribution in [2.45, 2.75) is 0 Å². The van der Waals surface area contributed by atoms with Crippen molar-refractivity contribution in [3.63, 3.8) is 0 Å². The van der Waals surface area contributed by atoms with Gasteiger partial charge in [-0.05, 0) is 42.5 Å². The van der Waals surface area contributed by atoms with Gasteiger partial charge in [-0.2, -0.15) is 0 Å². The molecule has 5 nitrogen and oxygen atoms in total. The minimum Gasteiger partial charge on any atom is -0.478 e. The smallest absolute Gasteiger partial charge is 0.337 e. The third kappa shape index (κ3) is 3.89. The van der Waals surface area contributed by atoms with Gasteiger partial charge in [-0.1, -0.05) is 47.7 Å². The van der Waals surface area contributed by atoms with Gasteiger partial charge in [-0.15, -0.1) is 0 Å². The Kier molecular flexibility index (Phi) is 5.46. The van der Waals surface area contributed by atoms with E-state index in [2.05, 4.69) is 0 Å². The number of thiocarbonyl (C=S) groups is 1. The van der Waals surface area contributed by atoms with Crippen LogP contribution in [0.15, 0.2) is 63.9 Å². The molecule has 4 rings (SSSR count). The van der Waals surface area contributed by atoms with Gasteiger partial charge in [-0.25, -0.2) is 9.18 Å². The Morgan fingerprint density at radius 1 is 1.20 bits per heavy atom. The molecule has 1 N–H and O–H groups in total. The van der Waals surface area contributed by atoms with E-state index in [0.29, 0.717) is 32.0 Å². The number of benzene rings is 2. The van der Waals surface area contributed by atoms with E-state index in [1.54, 1.807) is 30.3 Å². The molecule has 1 aliphatic heterocycles. The van der Waals surface area contributed by atoms with Crippen molar-refractivity contribution >= 4 is 63.5 Å². The number of halogens is 2. The number of carboxylic acids is 1. The van der Waals surface area contributed by atoms with Gasteiger partial charge in [0.1, 0.15) is 17.3 Å². The Balaban J connectivity index is 1.60. The number of rotatable bonds is 4. The van der Waals surface area contributed by atoms with Crippen LogP contribution in [-0.4, -0.2) is 21.3 Å². The predicted octanol–water partition coefficient (Wildman–Crippen LogP) is 5.84. The van der Waals surface area contributed by atoms with E-state index in [0.717, 1.165) is 11.8 Å². The molecule has 150 valence electrons. The molecule has 0 unspecified atom stereocenters. The molecule has 1 aromatic heterocycles. The number of hydrogen-bond acceptors (Lipinski definition) is 5. The number of hydrogen-bond donors (Lipinski definition) is 1. The molecule has 0 spiro atoms. The maximum atomic E-state index is 13.5. The molecule has 2 heterocycles. The maximum absolute atomic E-state index is 13.5. The number of carboxylic acid groups (broad SMARTS) is 1. The lowest BCUT2D eigenvalue weighted by molar-refractivity contribution is -0.113. The number of carbonyl (C=O) groups excluding carboxylic acids is 1. The Morgan fingerprint density at radius 2 is 2.00 bits per heavy atom. The monoisotopic (exact) mass is 459 g/mol. The van der Waals surface area contributed by atoms with Crippen molar-refractivity contribution in [2.75, 3.05) is 4.90 Å². The molecule has 0 aliphatic carbocycles. The lowest BCUT2D eigenvalue weighted by Gasteiger charge is -2.14. The molecule has 1 amide bonds. The van der Waals surface area contributed by atoms with Crippen LogP contribution in [0.1, 0.15) is 16.1 Å². The van der Waals surface area contributed by atoms with E-state index >= 15 is 0 Å². The standard InChI is InChI=1S/C21H11ClFNO4S2/c22-16-8-11(4-6-15(16)20(26)27)17-7-5-14(28-17)10-18-19(25)24(21(29)30-18)13-3-1-2-12(23)9-13/h1-10H,(H,26,27)/b18-10+. The minimum atomic E-state index is -1.12. The third-order valence-corrected chi connectivity index (χ3v) is 5.86. The average Bonchev–Trinajstić information content (AvgIpc) is 3.26. The molecule has 1 saturated heterocycles. The summed E-state index contributed by atoms with van der Waals surface area (Å²) in [5.74, 6) is -1.09. The summed E-state index contributed by atoms with van der Waals surface area (Å²) in [4.78, 5) is 25.5. The molecule has 9 heteroatoms. The van der Waals surface area contributed by atoms with Gasteiger partial charge in [0, 0.05) is 11.6 Å². The van der Waals surface area contributed by atoms with Crippen LogP contribution in [0.4, 0.5) is 10.1 Å². The van der Waals surface area contributed by atoms with Crippen molar-refractivity contribution in [2.24, 2.45) is 0 Å². The molecule has 1 aliphatic rings. The molecule has 0 saturated carbocycles. The molecule has 0 atom stereocenters. The highest BCUT2D eigenvalue weighted by Crippen LogP contribution is 2.37. The summed E-state index contributed by atoms with van der Waals surface area (Å²) in [5, 5.41) is 9.16. The van der Waals surface area contributed by atoms with Gasteiger partial charge in [0.15, 0.2) is 4.32 Å². The van der Waals surface area contributed by atoms with Crippen LogP contribution in [0.25, 0.3) is 17.4 Å². The van der Waals surface area contributed by atoms with Crippen LogP contribution >= 0.6 is 35.6 Å². The van der Waals surface area contributed by atoms with Crippen LogP contribution in [-0.2, 0) is 4.79 Å². The van der Waals surface area contributed by atoms with Crippen molar-refractivity contribution < 1.29 is 23.5 Å². The van der Waals surface area contributed by atoms with Crippen LogP contribution < -0.4 is 4.90 Å². The fraction of sp³-hybridized carbons (Fsp3) is 0. The molecule has 2 aromatic carbocycles. The Labute approximate surface area is 184 Å². The second kappa shape index (κ2) is 8.06. The normalized spacial score (nSPS) is 15.3. The SMILES string of the molecule is O=C(O)c1ccc(-c2ccc(/C=C3/SC(=S)N(c4cccc(F)c4)C3=O)o2)cc1Cl. The highest BCUT2D eigenvalue weighted by atomic mass is 35.5. The summed E-state index contributed by atoms with van der Waals surface area (Å²) in [6.07, 6.45) is 1.55. The number of anilines is 1. The Hall–Kier alpha value is -2.94. The van der Waals surface area contributed by atoms with Gasteiger partial charge >= 0.3 is 5.97 Å². The fourth-order valence-electron chi connectivity index (χ4n) is 2.86. The summed E-state index contributed by atoms with van der Waals surface area (Å²) in [5.41, 5.74) is 0.944. The van der Waals surface area contributed by atoms with E-state index in [9.17, 15) is 14.0 Å². The van der Waals surface area contributed by atoms with Crippen molar-refractivity contribution in [1.82, 2.24) is 0 Å². The second-order valence-corrected chi connectivity index (χ2v) is 8.28. The van der Waals surface area contributed by atoms with E-state index < -0.39 is 11.8 Å². The topological polar surface area (TPSA) is 70.8 Å². The molecular formula is C21H11ClFNO4S2. The first-order chi connectivity index (χ1) is 14.3. The molecule has 1 fully saturated rings. The maximum Gasteiger partial charge on any atom is 0.337 e. The first-order valence-corrected chi connectivity index (χ1v) is 10.1. The third-order valence-electron chi connectivity index (χ3n) is 4.24. The van der Waals surface area contributed by atoms with Crippen molar-refractivity contribution in [1.29, 1.82) is 0 Å². The second-order valence-electron chi connectivity index (χ2n) is 6.20. The lowest BCUT2D eigenvalue weighted by atomic mass is 10.1. The summed E-state index contributed by atoms with van der Waals surface area (Å²) >= 11 is 12.4. The largest absolute Gasteiger partial charge is 0.478 e. The number of thioether (sulfide) groups is 1. The Bertz CT molecular complexity index is 1240. The van der Waals surface area contributed by atoms with Gasteiger partial charge < -0.3 is 9.52 Å². The number of carbonyl (C=O) groups is 2. The number of amides is 1. The van der Waals surface area contributed by atoms with Crippen molar-refractivity contribution in [3.05, 3.63) is 81.7 Å². The lowest BCUT2D eigenvalue weighted by Crippen LogP contribution is -2.27. The summed E-state index contributed by atoms with van der Waals surface area (Å²) in [6.45, 7) is 0. The van der Waals surface area contributed by atoms with Crippen LogP contribution in [0.2, 0.25) is 5.02 Å². The highest BCUT2D eigenvalue weighted by Gasteiger charge is 2.33. The van der Waals surface area contributed by atoms with E-state index in [-0.39, 0.29) is 16.5 Å². The fourth-order valence-corrected chi connectivity index (χ4v) is 4.40. The first-order valence-electron chi connectivity index (χ1n) is 8.50. The summed E-state index contributed by atoms with van der Waals surface area (Å²) < 4.78 is 19.6. The minimum absolute atomic E-state index is 0.00628. The average molecular weight is 460 g/mol. The van der Waals surface area contributed by atoms with Crippen LogP contribution in [0.3, 0.4) is 0 Å². The van der Waals surface area contributed by atoms with Gasteiger partial charge in [0.2, 0.25) is 0 Å². The molecule has 3 aromatic rings. The number of furan rings is 1. The summed E-state index contributed by atoms with van der Waals surface area (Å²) in [6, 6.07) is 13.5. The van der Waals surface area contributed by atoms with Crippen molar-refractivity contribution in [3.8, 4) is 11.3 Å². The van der Waals surface area contributed by atoms with Crippen LogP contribution in [0.5, 0.6) is 0 Å². The number of nitrogens with zero attached hydrogens (tertiary/aromatic N) is 1. The van der Waals surface area contributed by atoms with E-state index in [1.807, 2.05) is 0 Å². The first kappa shape index (κ1) is 20.3. The summed E-state index contributed by atoms with van der Waals surface area (Å²) in [7, 11) is 0. The predicted molar refractivity (Wildman–Crippen MR) is 118 cm³/mol. The van der Waals surface area contributed by atoms with E-state index in [1.165, 1.54) is 35.2 Å². The zero-order chi connectivity index (χ0) is 21.4. The van der Waals surface area contributed by atoms with Gasteiger partial charge in [0.05, 0.1) is 21.2 Å². The molecule has 0 radical (unpaired) electrons. The molecule has 0 bridgehead atoms. The van der Waals surface area contributed by atoms with Gasteiger partial charge in [0.25, 0.3) is 5.91 Å². The Morgan fingerprint density at radius 3 is 2.70 bits per heavy atom. The van der Waals surface area contributed by atoms with Crippen LogP contribution in [0, 0.1) is 5.82 Å².